The van der Waals surface area contributed by atoms with Crippen LogP contribution in [-0.4, -0.2) is 56.7 Å². The van der Waals surface area contributed by atoms with Gasteiger partial charge in [-0.2, -0.15) is 13.2 Å². The van der Waals surface area contributed by atoms with Gasteiger partial charge in [0, 0.05) is 18.7 Å². The van der Waals surface area contributed by atoms with Gasteiger partial charge in [0.25, 0.3) is 5.91 Å². The summed E-state index contributed by atoms with van der Waals surface area (Å²) >= 11 is 0. The van der Waals surface area contributed by atoms with Gasteiger partial charge >= 0.3 is 6.18 Å². The summed E-state index contributed by atoms with van der Waals surface area (Å²) in [6.45, 7) is 1.57. The molecule has 1 fully saturated rings. The summed E-state index contributed by atoms with van der Waals surface area (Å²) in [5.41, 5.74) is -0.488. The molecule has 0 bridgehead atoms. The van der Waals surface area contributed by atoms with Crippen LogP contribution in [0.3, 0.4) is 0 Å². The third-order valence-electron chi connectivity index (χ3n) is 4.69. The van der Waals surface area contributed by atoms with Gasteiger partial charge in [-0.1, -0.05) is 12.1 Å². The minimum Gasteiger partial charge on any atom is -0.495 e. The van der Waals surface area contributed by atoms with E-state index in [0.717, 1.165) is 6.07 Å². The molecule has 2 aromatic carbocycles. The average Bonchev–Trinajstić information content (AvgIpc) is 2.77. The molecular weight excluding hydrogens is 415 g/mol. The second kappa shape index (κ2) is 9.69. The highest BCUT2D eigenvalue weighted by Crippen LogP contribution is 2.34. The van der Waals surface area contributed by atoms with E-state index in [0.29, 0.717) is 43.3 Å². The monoisotopic (exact) mass is 437 g/mol. The van der Waals surface area contributed by atoms with E-state index >= 15 is 0 Å². The van der Waals surface area contributed by atoms with Gasteiger partial charge in [-0.05, 0) is 30.3 Å². The van der Waals surface area contributed by atoms with Crippen molar-refractivity contribution in [3.63, 3.8) is 0 Å². The van der Waals surface area contributed by atoms with Crippen molar-refractivity contribution in [1.29, 1.82) is 0 Å². The van der Waals surface area contributed by atoms with E-state index in [1.54, 1.807) is 23.1 Å². The average molecular weight is 437 g/mol. The lowest BCUT2D eigenvalue weighted by molar-refractivity contribution is -0.137. The maximum Gasteiger partial charge on any atom is 0.418 e. The van der Waals surface area contributed by atoms with Crippen LogP contribution in [0, 0.1) is 0 Å². The number of para-hydroxylation sites is 1. The number of hydrogen-bond acceptors (Lipinski definition) is 5. The molecule has 7 nitrogen and oxygen atoms in total. The molecule has 2 aromatic rings. The summed E-state index contributed by atoms with van der Waals surface area (Å²) in [6.07, 6.45) is -4.59. The number of morpholine rings is 1. The molecule has 31 heavy (non-hydrogen) atoms. The van der Waals surface area contributed by atoms with E-state index in [9.17, 15) is 22.8 Å². The molecule has 1 aliphatic heterocycles. The van der Waals surface area contributed by atoms with E-state index in [-0.39, 0.29) is 18.1 Å². The Hall–Kier alpha value is -3.27. The second-order valence-electron chi connectivity index (χ2n) is 6.76. The molecule has 0 aromatic heterocycles. The van der Waals surface area contributed by atoms with E-state index in [2.05, 4.69) is 10.6 Å². The Balaban J connectivity index is 1.69. The van der Waals surface area contributed by atoms with Crippen LogP contribution in [0.15, 0.2) is 42.5 Å². The first kappa shape index (κ1) is 22.4. The minimum atomic E-state index is -4.59. The Morgan fingerprint density at radius 1 is 1.10 bits per heavy atom. The number of benzene rings is 2. The Morgan fingerprint density at radius 3 is 2.48 bits per heavy atom. The number of halogens is 3. The van der Waals surface area contributed by atoms with Crippen molar-refractivity contribution >= 4 is 23.2 Å². The number of anilines is 2. The summed E-state index contributed by atoms with van der Waals surface area (Å²) in [7, 11) is 1.43. The van der Waals surface area contributed by atoms with Crippen molar-refractivity contribution in [2.45, 2.75) is 6.18 Å². The summed E-state index contributed by atoms with van der Waals surface area (Å²) in [4.78, 5) is 26.6. The van der Waals surface area contributed by atoms with E-state index in [4.69, 9.17) is 9.47 Å². The Morgan fingerprint density at radius 2 is 1.81 bits per heavy atom. The fourth-order valence-electron chi connectivity index (χ4n) is 3.14. The first-order valence-electron chi connectivity index (χ1n) is 9.54. The van der Waals surface area contributed by atoms with Crippen molar-refractivity contribution in [1.82, 2.24) is 4.90 Å². The van der Waals surface area contributed by atoms with Crippen LogP contribution in [0.1, 0.15) is 15.9 Å². The Kier molecular flexibility index (Phi) is 7.01. The van der Waals surface area contributed by atoms with Crippen LogP contribution in [0.4, 0.5) is 24.5 Å². The molecule has 0 unspecified atom stereocenters. The van der Waals surface area contributed by atoms with Gasteiger partial charge in [0.05, 0.1) is 43.8 Å². The number of nitrogens with one attached hydrogen (secondary N) is 2. The van der Waals surface area contributed by atoms with Gasteiger partial charge in [0.15, 0.2) is 0 Å². The van der Waals surface area contributed by atoms with Crippen LogP contribution in [0.5, 0.6) is 5.75 Å². The maximum atomic E-state index is 13.1. The van der Waals surface area contributed by atoms with Gasteiger partial charge in [-0.15, -0.1) is 0 Å². The first-order valence-corrected chi connectivity index (χ1v) is 9.54. The van der Waals surface area contributed by atoms with Gasteiger partial charge in [0.1, 0.15) is 5.75 Å². The smallest absolute Gasteiger partial charge is 0.418 e. The van der Waals surface area contributed by atoms with Crippen molar-refractivity contribution in [2.75, 3.05) is 50.6 Å². The first-order chi connectivity index (χ1) is 14.8. The summed E-state index contributed by atoms with van der Waals surface area (Å²) in [6, 6.07) is 9.48. The van der Waals surface area contributed by atoms with Gasteiger partial charge < -0.3 is 25.0 Å². The highest BCUT2D eigenvalue weighted by molar-refractivity contribution is 5.97. The summed E-state index contributed by atoms with van der Waals surface area (Å²) in [5.74, 6) is -0.469. The third-order valence-corrected chi connectivity index (χ3v) is 4.69. The molecule has 0 aliphatic carbocycles. The quantitative estimate of drug-likeness (QED) is 0.726. The third kappa shape index (κ3) is 5.66. The zero-order valence-electron chi connectivity index (χ0n) is 16.8. The number of rotatable bonds is 6. The lowest BCUT2D eigenvalue weighted by atomic mass is 10.1. The van der Waals surface area contributed by atoms with Crippen molar-refractivity contribution in [3.8, 4) is 5.75 Å². The zero-order chi connectivity index (χ0) is 22.4. The number of alkyl halides is 3. The van der Waals surface area contributed by atoms with Crippen molar-refractivity contribution in [3.05, 3.63) is 53.6 Å². The molecule has 0 saturated carbocycles. The Labute approximate surface area is 177 Å². The highest BCUT2D eigenvalue weighted by atomic mass is 19.4. The molecular formula is C21H22F3N3O4. The molecule has 1 heterocycles. The standard InChI is InChI=1S/C21H22F3N3O4/c1-30-18-7-6-14(20(29)27-8-10-31-11-9-27)12-17(18)25-13-19(28)26-16-5-3-2-4-15(16)21(22,23)24/h2-7,12,25H,8-11,13H2,1H3,(H,26,28). The molecule has 2 amide bonds. The molecule has 1 aliphatic rings. The van der Waals surface area contributed by atoms with Gasteiger partial charge in [-0.25, -0.2) is 0 Å². The van der Waals surface area contributed by atoms with Crippen molar-refractivity contribution < 1.29 is 32.2 Å². The number of hydrogen-bond donors (Lipinski definition) is 2. The number of nitrogens with zero attached hydrogens (tertiary/aromatic N) is 1. The number of carbonyl (C=O) groups excluding carboxylic acids is 2. The topological polar surface area (TPSA) is 79.9 Å². The summed E-state index contributed by atoms with van der Waals surface area (Å²) < 4.78 is 49.8. The molecule has 0 atom stereocenters. The SMILES string of the molecule is COc1ccc(C(=O)N2CCOCC2)cc1NCC(=O)Nc1ccccc1C(F)(F)F. The number of methoxy groups -OCH3 is 1. The molecule has 10 heteroatoms. The predicted molar refractivity (Wildman–Crippen MR) is 108 cm³/mol. The molecule has 1 saturated heterocycles. The minimum absolute atomic E-state index is 0.183. The van der Waals surface area contributed by atoms with Crippen LogP contribution in [-0.2, 0) is 15.7 Å². The zero-order valence-corrected chi connectivity index (χ0v) is 16.8. The lowest BCUT2D eigenvalue weighted by Gasteiger charge is -2.27. The van der Waals surface area contributed by atoms with Gasteiger partial charge in [0.2, 0.25) is 5.91 Å². The normalized spacial score (nSPS) is 14.1. The fraction of sp³-hybridized carbons (Fsp3) is 0.333. The molecule has 3 rings (SSSR count). The highest BCUT2D eigenvalue weighted by Gasteiger charge is 2.33. The van der Waals surface area contributed by atoms with E-state index in [1.165, 1.54) is 25.3 Å². The second-order valence-corrected chi connectivity index (χ2v) is 6.76. The largest absolute Gasteiger partial charge is 0.495 e. The molecule has 0 spiro atoms. The number of ether oxygens (including phenoxy) is 2. The molecule has 0 radical (unpaired) electrons. The van der Waals surface area contributed by atoms with Crippen LogP contribution in [0.25, 0.3) is 0 Å². The predicted octanol–water partition coefficient (Wildman–Crippen LogP) is 3.24. The van der Waals surface area contributed by atoms with E-state index in [1.807, 2.05) is 0 Å². The van der Waals surface area contributed by atoms with Crippen LogP contribution in [0.2, 0.25) is 0 Å². The number of amides is 2. The number of carbonyl (C=O) groups is 2. The molecule has 166 valence electrons. The Bertz CT molecular complexity index is 944. The lowest BCUT2D eigenvalue weighted by Crippen LogP contribution is -2.40. The van der Waals surface area contributed by atoms with Crippen LogP contribution >= 0.6 is 0 Å². The maximum absolute atomic E-state index is 13.1. The van der Waals surface area contributed by atoms with Crippen LogP contribution < -0.4 is 15.4 Å². The van der Waals surface area contributed by atoms with Crippen molar-refractivity contribution in [2.24, 2.45) is 0 Å². The summed E-state index contributed by atoms with van der Waals surface area (Å²) in [5, 5.41) is 5.09. The van der Waals surface area contributed by atoms with Gasteiger partial charge in [-0.3, -0.25) is 9.59 Å². The fourth-order valence-corrected chi connectivity index (χ4v) is 3.14. The van der Waals surface area contributed by atoms with E-state index < -0.39 is 17.6 Å². The molecule has 2 N–H and O–H groups in total.